The summed E-state index contributed by atoms with van der Waals surface area (Å²) in [4.78, 5) is 19.7. The summed E-state index contributed by atoms with van der Waals surface area (Å²) in [5.41, 5.74) is 1.70. The molecular weight excluding hydrogens is 363 g/mol. The number of rotatable bonds is 2. The summed E-state index contributed by atoms with van der Waals surface area (Å²) in [5.74, 6) is -0.130. The van der Waals surface area contributed by atoms with E-state index in [2.05, 4.69) is 25.9 Å². The Morgan fingerprint density at radius 1 is 1.20 bits per heavy atom. The fourth-order valence-corrected chi connectivity index (χ4v) is 2.59. The van der Waals surface area contributed by atoms with Gasteiger partial charge in [-0.2, -0.15) is 0 Å². The van der Waals surface area contributed by atoms with Crippen LogP contribution in [0.4, 0.5) is 0 Å². The second-order valence-corrected chi connectivity index (χ2v) is 5.94. The highest BCUT2D eigenvalue weighted by molar-refractivity contribution is 9.10. The van der Waals surface area contributed by atoms with Gasteiger partial charge in [-0.25, -0.2) is 4.98 Å². The van der Waals surface area contributed by atoms with E-state index in [0.717, 1.165) is 9.86 Å². The first-order valence-electron chi connectivity index (χ1n) is 5.68. The summed E-state index contributed by atoms with van der Waals surface area (Å²) in [5, 5.41) is 1.54. The van der Waals surface area contributed by atoms with E-state index in [-0.39, 0.29) is 5.78 Å². The van der Waals surface area contributed by atoms with Crippen LogP contribution in [-0.4, -0.2) is 15.8 Å². The predicted molar refractivity (Wildman–Crippen MR) is 83.7 cm³/mol. The van der Waals surface area contributed by atoms with E-state index < -0.39 is 0 Å². The summed E-state index contributed by atoms with van der Waals surface area (Å²) in [6.45, 7) is 0. The van der Waals surface area contributed by atoms with E-state index in [1.807, 2.05) is 6.07 Å². The molecule has 0 aliphatic carbocycles. The lowest BCUT2D eigenvalue weighted by Gasteiger charge is -2.02. The molecule has 100 valence electrons. The van der Waals surface area contributed by atoms with E-state index in [0.29, 0.717) is 26.8 Å². The van der Waals surface area contributed by atoms with Crippen LogP contribution in [0.5, 0.6) is 0 Å². The Bertz CT molecular complexity index is 829. The number of fused-ring (bicyclic) bond motifs is 1. The van der Waals surface area contributed by atoms with E-state index in [9.17, 15) is 4.79 Å². The van der Waals surface area contributed by atoms with Gasteiger partial charge in [-0.05, 0) is 40.2 Å². The Morgan fingerprint density at radius 2 is 2.00 bits per heavy atom. The van der Waals surface area contributed by atoms with Gasteiger partial charge in [0.25, 0.3) is 0 Å². The van der Waals surface area contributed by atoms with E-state index in [1.165, 1.54) is 0 Å². The highest BCUT2D eigenvalue weighted by Gasteiger charge is 2.16. The molecule has 2 aromatic heterocycles. The first-order valence-corrected chi connectivity index (χ1v) is 7.23. The second kappa shape index (κ2) is 5.20. The molecule has 3 rings (SSSR count). The van der Waals surface area contributed by atoms with Crippen LogP contribution in [0, 0.1) is 0 Å². The molecule has 0 spiro atoms. The van der Waals surface area contributed by atoms with Crippen molar-refractivity contribution in [3.8, 4) is 0 Å². The molecule has 0 saturated carbocycles. The molecule has 0 radical (unpaired) electrons. The van der Waals surface area contributed by atoms with E-state index in [1.54, 1.807) is 30.6 Å². The van der Waals surface area contributed by atoms with Crippen LogP contribution in [0.1, 0.15) is 15.9 Å². The van der Waals surface area contributed by atoms with Gasteiger partial charge in [0.05, 0.1) is 10.0 Å². The van der Waals surface area contributed by atoms with E-state index >= 15 is 0 Å². The quantitative estimate of drug-likeness (QED) is 0.655. The Labute approximate surface area is 133 Å². The van der Waals surface area contributed by atoms with Crippen molar-refractivity contribution in [2.75, 3.05) is 0 Å². The number of H-pyrrole nitrogens is 1. The lowest BCUT2D eigenvalue weighted by molar-refractivity contribution is 0.104. The number of pyridine rings is 1. The third-order valence-corrected chi connectivity index (χ3v) is 4.10. The zero-order valence-electron chi connectivity index (χ0n) is 9.95. The molecule has 2 heterocycles. The number of aromatic nitrogens is 2. The number of ketones is 1. The maximum Gasteiger partial charge on any atom is 0.195 e. The van der Waals surface area contributed by atoms with Gasteiger partial charge in [0, 0.05) is 33.4 Å². The highest BCUT2D eigenvalue weighted by atomic mass is 79.9. The van der Waals surface area contributed by atoms with Gasteiger partial charge in [-0.3, -0.25) is 4.79 Å². The smallest absolute Gasteiger partial charge is 0.195 e. The van der Waals surface area contributed by atoms with Crippen molar-refractivity contribution in [3.05, 3.63) is 62.3 Å². The molecule has 0 aliphatic heterocycles. The maximum atomic E-state index is 12.5. The number of hydrogen-bond donors (Lipinski definition) is 1. The Kier molecular flexibility index (Phi) is 3.54. The van der Waals surface area contributed by atoms with Crippen LogP contribution >= 0.6 is 39.1 Å². The van der Waals surface area contributed by atoms with Gasteiger partial charge in [0.1, 0.15) is 5.65 Å². The first kappa shape index (κ1) is 13.6. The molecule has 0 fully saturated rings. The highest BCUT2D eigenvalue weighted by Crippen LogP contribution is 2.26. The van der Waals surface area contributed by atoms with Crippen molar-refractivity contribution in [3.63, 3.8) is 0 Å². The number of nitrogens with one attached hydrogen (secondary N) is 1. The van der Waals surface area contributed by atoms with Crippen LogP contribution in [-0.2, 0) is 0 Å². The zero-order chi connectivity index (χ0) is 14.3. The van der Waals surface area contributed by atoms with Crippen molar-refractivity contribution in [2.24, 2.45) is 0 Å². The summed E-state index contributed by atoms with van der Waals surface area (Å²) < 4.78 is 0.813. The average Bonchev–Trinajstić information content (AvgIpc) is 2.84. The van der Waals surface area contributed by atoms with Crippen LogP contribution in [0.2, 0.25) is 10.0 Å². The van der Waals surface area contributed by atoms with Crippen molar-refractivity contribution in [1.82, 2.24) is 9.97 Å². The molecule has 0 saturated heterocycles. The fourth-order valence-electron chi connectivity index (χ4n) is 1.96. The van der Waals surface area contributed by atoms with Gasteiger partial charge in [-0.15, -0.1) is 0 Å². The van der Waals surface area contributed by atoms with Crippen LogP contribution in [0.15, 0.2) is 41.1 Å². The van der Waals surface area contributed by atoms with Gasteiger partial charge >= 0.3 is 0 Å². The Balaban J connectivity index is 2.12. The van der Waals surface area contributed by atoms with Gasteiger partial charge in [0.2, 0.25) is 0 Å². The second-order valence-electron chi connectivity index (χ2n) is 4.21. The lowest BCUT2D eigenvalue weighted by Crippen LogP contribution is -2.00. The molecule has 1 aromatic carbocycles. The number of halogens is 3. The molecule has 20 heavy (non-hydrogen) atoms. The van der Waals surface area contributed by atoms with Crippen LogP contribution in [0.25, 0.3) is 11.0 Å². The van der Waals surface area contributed by atoms with Gasteiger partial charge < -0.3 is 4.98 Å². The molecule has 0 bridgehead atoms. The molecule has 0 amide bonds. The third kappa shape index (κ3) is 2.35. The van der Waals surface area contributed by atoms with Crippen molar-refractivity contribution in [1.29, 1.82) is 0 Å². The Morgan fingerprint density at radius 3 is 2.75 bits per heavy atom. The lowest BCUT2D eigenvalue weighted by atomic mass is 10.0. The third-order valence-electron chi connectivity index (χ3n) is 2.92. The maximum absolute atomic E-state index is 12.5. The number of carbonyl (C=O) groups excluding carboxylic acids is 1. The van der Waals surface area contributed by atoms with E-state index in [4.69, 9.17) is 23.2 Å². The Hall–Kier alpha value is -1.36. The molecule has 0 unspecified atom stereocenters. The van der Waals surface area contributed by atoms with Crippen molar-refractivity contribution >= 4 is 55.9 Å². The summed E-state index contributed by atoms with van der Waals surface area (Å²) in [6, 6.07) is 6.68. The fraction of sp³-hybridized carbons (Fsp3) is 0. The molecule has 1 N–H and O–H groups in total. The number of benzene rings is 1. The first-order chi connectivity index (χ1) is 9.56. The minimum Gasteiger partial charge on any atom is -0.345 e. The monoisotopic (exact) mass is 368 g/mol. The minimum absolute atomic E-state index is 0.130. The summed E-state index contributed by atoms with van der Waals surface area (Å²) in [7, 11) is 0. The number of aromatic amines is 1. The molecule has 3 nitrogen and oxygen atoms in total. The molecule has 0 aliphatic rings. The number of hydrogen-bond acceptors (Lipinski definition) is 2. The molecule has 3 aromatic rings. The molecular formula is C14H7BrCl2N2O. The van der Waals surface area contributed by atoms with Crippen LogP contribution < -0.4 is 0 Å². The minimum atomic E-state index is -0.130. The largest absolute Gasteiger partial charge is 0.345 e. The summed E-state index contributed by atoms with van der Waals surface area (Å²) >= 11 is 15.2. The topological polar surface area (TPSA) is 45.8 Å². The van der Waals surface area contributed by atoms with Crippen LogP contribution in [0.3, 0.4) is 0 Å². The standard InChI is InChI=1S/C14H7BrCl2N2O/c15-8-4-9-10(6-19-14(9)18-5-8)13(20)7-1-2-11(16)12(17)3-7/h1-6H,(H,18,19). The van der Waals surface area contributed by atoms with Crippen molar-refractivity contribution in [2.45, 2.75) is 0 Å². The predicted octanol–water partition coefficient (Wildman–Crippen LogP) is 4.86. The normalized spacial score (nSPS) is 10.9. The van der Waals surface area contributed by atoms with Gasteiger partial charge in [-0.1, -0.05) is 23.2 Å². The number of carbonyl (C=O) groups is 1. The van der Waals surface area contributed by atoms with Crippen molar-refractivity contribution < 1.29 is 4.79 Å². The number of nitrogens with zero attached hydrogens (tertiary/aromatic N) is 1. The SMILES string of the molecule is O=C(c1ccc(Cl)c(Cl)c1)c1c[nH]c2ncc(Br)cc12. The van der Waals surface area contributed by atoms with Gasteiger partial charge in [0.15, 0.2) is 5.78 Å². The molecule has 6 heteroatoms. The molecule has 0 atom stereocenters. The zero-order valence-corrected chi connectivity index (χ0v) is 13.1. The average molecular weight is 370 g/mol. The summed E-state index contributed by atoms with van der Waals surface area (Å²) in [6.07, 6.45) is 3.32.